The van der Waals surface area contributed by atoms with Crippen LogP contribution in [0.4, 0.5) is 0 Å². The van der Waals surface area contributed by atoms with E-state index in [9.17, 15) is 15.0 Å². The Labute approximate surface area is 139 Å². The molecular formula is C17H18N2O5. The molecule has 0 radical (unpaired) electrons. The first kappa shape index (κ1) is 17.1. The molecule has 0 saturated heterocycles. The first-order chi connectivity index (χ1) is 11.5. The van der Waals surface area contributed by atoms with Crippen LogP contribution < -0.4 is 14.9 Å². The van der Waals surface area contributed by atoms with Crippen LogP contribution in [0.1, 0.15) is 22.8 Å². The van der Waals surface area contributed by atoms with E-state index >= 15 is 0 Å². The fourth-order valence-corrected chi connectivity index (χ4v) is 2.06. The van der Waals surface area contributed by atoms with Gasteiger partial charge in [-0.1, -0.05) is 12.1 Å². The minimum Gasteiger partial charge on any atom is -0.507 e. The maximum Gasteiger partial charge on any atom is 0.271 e. The molecule has 0 atom stereocenters. The van der Waals surface area contributed by atoms with E-state index in [1.807, 2.05) is 0 Å². The molecule has 2 aromatic carbocycles. The lowest BCUT2D eigenvalue weighted by atomic mass is 10.1. The second kappa shape index (κ2) is 7.36. The third-order valence-corrected chi connectivity index (χ3v) is 3.36. The van der Waals surface area contributed by atoms with E-state index in [4.69, 9.17) is 9.47 Å². The molecule has 0 aliphatic heterocycles. The summed E-state index contributed by atoms with van der Waals surface area (Å²) >= 11 is 0. The molecule has 0 aliphatic rings. The van der Waals surface area contributed by atoms with Crippen molar-refractivity contribution in [2.45, 2.75) is 6.92 Å². The number of aromatic hydroxyl groups is 2. The van der Waals surface area contributed by atoms with E-state index < -0.39 is 5.91 Å². The SMILES string of the molecule is COc1cc(C(=O)NN=C(C)c2ccccc2O)cc(OC)c1O. The Balaban J connectivity index is 2.24. The van der Waals surface area contributed by atoms with Crippen molar-refractivity contribution in [1.29, 1.82) is 0 Å². The quantitative estimate of drug-likeness (QED) is 0.577. The molecule has 3 N–H and O–H groups in total. The van der Waals surface area contributed by atoms with Gasteiger partial charge in [0.2, 0.25) is 5.75 Å². The fraction of sp³-hybridized carbons (Fsp3) is 0.176. The zero-order valence-corrected chi connectivity index (χ0v) is 13.5. The zero-order chi connectivity index (χ0) is 17.7. The number of hydrazone groups is 1. The van der Waals surface area contributed by atoms with Crippen molar-refractivity contribution in [3.63, 3.8) is 0 Å². The lowest BCUT2D eigenvalue weighted by Crippen LogP contribution is -2.19. The molecule has 0 unspecified atom stereocenters. The van der Waals surface area contributed by atoms with Crippen LogP contribution in [0.15, 0.2) is 41.5 Å². The number of methoxy groups -OCH3 is 2. The fourth-order valence-electron chi connectivity index (χ4n) is 2.06. The summed E-state index contributed by atoms with van der Waals surface area (Å²) in [6.45, 7) is 1.66. The molecule has 0 saturated carbocycles. The average Bonchev–Trinajstić information content (AvgIpc) is 2.59. The molecule has 0 heterocycles. The first-order valence-corrected chi connectivity index (χ1v) is 7.06. The van der Waals surface area contributed by atoms with Gasteiger partial charge in [0.25, 0.3) is 5.91 Å². The maximum absolute atomic E-state index is 12.2. The predicted molar refractivity (Wildman–Crippen MR) is 89.0 cm³/mol. The van der Waals surface area contributed by atoms with Gasteiger partial charge in [0.1, 0.15) is 5.75 Å². The molecule has 0 aromatic heterocycles. The van der Waals surface area contributed by atoms with Gasteiger partial charge >= 0.3 is 0 Å². The molecule has 0 aliphatic carbocycles. The van der Waals surface area contributed by atoms with Crippen LogP contribution in [0.3, 0.4) is 0 Å². The molecule has 7 heteroatoms. The largest absolute Gasteiger partial charge is 0.507 e. The van der Waals surface area contributed by atoms with Gasteiger partial charge in [-0.15, -0.1) is 0 Å². The number of carbonyl (C=O) groups excluding carboxylic acids is 1. The Morgan fingerprint density at radius 1 is 1.08 bits per heavy atom. The molecule has 0 spiro atoms. The number of hydrogen-bond donors (Lipinski definition) is 3. The molecule has 0 bridgehead atoms. The van der Waals surface area contributed by atoms with Gasteiger partial charge in [-0.2, -0.15) is 5.10 Å². The third-order valence-electron chi connectivity index (χ3n) is 3.36. The molecule has 126 valence electrons. The summed E-state index contributed by atoms with van der Waals surface area (Å²) in [5, 5.41) is 23.6. The van der Waals surface area contributed by atoms with Crippen molar-refractivity contribution in [1.82, 2.24) is 5.43 Å². The van der Waals surface area contributed by atoms with Crippen LogP contribution in [-0.2, 0) is 0 Å². The lowest BCUT2D eigenvalue weighted by Gasteiger charge is -2.10. The second-order valence-electron chi connectivity index (χ2n) is 4.88. The maximum atomic E-state index is 12.2. The number of hydrogen-bond acceptors (Lipinski definition) is 6. The number of nitrogens with one attached hydrogen (secondary N) is 1. The average molecular weight is 330 g/mol. The number of para-hydroxylation sites is 1. The zero-order valence-electron chi connectivity index (χ0n) is 13.5. The molecule has 24 heavy (non-hydrogen) atoms. The highest BCUT2D eigenvalue weighted by atomic mass is 16.5. The van der Waals surface area contributed by atoms with Crippen molar-refractivity contribution in [3.05, 3.63) is 47.5 Å². The van der Waals surface area contributed by atoms with Crippen molar-refractivity contribution >= 4 is 11.6 Å². The monoisotopic (exact) mass is 330 g/mol. The highest BCUT2D eigenvalue weighted by Crippen LogP contribution is 2.37. The Morgan fingerprint density at radius 2 is 1.67 bits per heavy atom. The van der Waals surface area contributed by atoms with E-state index in [1.54, 1.807) is 25.1 Å². The summed E-state index contributed by atoms with van der Waals surface area (Å²) in [6.07, 6.45) is 0. The summed E-state index contributed by atoms with van der Waals surface area (Å²) in [4.78, 5) is 12.2. The Bertz CT molecular complexity index is 761. The second-order valence-corrected chi connectivity index (χ2v) is 4.88. The van der Waals surface area contributed by atoms with Gasteiger partial charge in [-0.05, 0) is 31.2 Å². The van der Waals surface area contributed by atoms with Crippen molar-refractivity contribution < 1.29 is 24.5 Å². The van der Waals surface area contributed by atoms with E-state index in [1.165, 1.54) is 32.4 Å². The highest BCUT2D eigenvalue weighted by molar-refractivity contribution is 6.02. The van der Waals surface area contributed by atoms with Gasteiger partial charge in [0, 0.05) is 11.1 Å². The van der Waals surface area contributed by atoms with Crippen molar-refractivity contribution in [2.75, 3.05) is 14.2 Å². The number of carbonyl (C=O) groups is 1. The van der Waals surface area contributed by atoms with Crippen LogP contribution in [0, 0.1) is 0 Å². The van der Waals surface area contributed by atoms with E-state index in [-0.39, 0.29) is 28.6 Å². The minimum absolute atomic E-state index is 0.0703. The molecule has 2 aromatic rings. The van der Waals surface area contributed by atoms with E-state index in [0.29, 0.717) is 11.3 Å². The van der Waals surface area contributed by atoms with Gasteiger partial charge in [-0.25, -0.2) is 5.43 Å². The number of phenolic OH excluding ortho intramolecular Hbond substituents is 2. The summed E-state index contributed by atoms with van der Waals surface area (Å²) in [6, 6.07) is 9.42. The van der Waals surface area contributed by atoms with Crippen molar-refractivity contribution in [3.8, 4) is 23.0 Å². The number of amides is 1. The van der Waals surface area contributed by atoms with Crippen LogP contribution in [0.2, 0.25) is 0 Å². The molecule has 2 rings (SSSR count). The van der Waals surface area contributed by atoms with Crippen molar-refractivity contribution in [2.24, 2.45) is 5.10 Å². The van der Waals surface area contributed by atoms with Gasteiger partial charge < -0.3 is 19.7 Å². The lowest BCUT2D eigenvalue weighted by molar-refractivity contribution is 0.0954. The van der Waals surface area contributed by atoms with Gasteiger partial charge in [-0.3, -0.25) is 4.79 Å². The molecule has 7 nitrogen and oxygen atoms in total. The Hall–Kier alpha value is -3.22. The summed E-state index contributed by atoms with van der Waals surface area (Å²) < 4.78 is 10.0. The van der Waals surface area contributed by atoms with Gasteiger partial charge in [0.15, 0.2) is 11.5 Å². The number of benzene rings is 2. The number of rotatable bonds is 5. The topological polar surface area (TPSA) is 100 Å². The van der Waals surface area contributed by atoms with Crippen LogP contribution >= 0.6 is 0 Å². The number of phenols is 2. The first-order valence-electron chi connectivity index (χ1n) is 7.06. The Kier molecular flexibility index (Phi) is 5.26. The Morgan fingerprint density at radius 3 is 2.21 bits per heavy atom. The summed E-state index contributed by atoms with van der Waals surface area (Å²) in [7, 11) is 2.74. The minimum atomic E-state index is -0.513. The van der Waals surface area contributed by atoms with Crippen LogP contribution in [0.5, 0.6) is 23.0 Å². The smallest absolute Gasteiger partial charge is 0.271 e. The standard InChI is InChI=1S/C17H18N2O5/c1-10(12-6-4-5-7-13(12)20)18-19-17(22)11-8-14(23-2)16(21)15(9-11)24-3/h4-9,20-21H,1-3H3,(H,19,22). The highest BCUT2D eigenvalue weighted by Gasteiger charge is 2.15. The molecule has 1 amide bonds. The number of nitrogens with zero attached hydrogens (tertiary/aromatic N) is 1. The third kappa shape index (κ3) is 3.57. The van der Waals surface area contributed by atoms with Gasteiger partial charge in [0.05, 0.1) is 19.9 Å². The number of ether oxygens (including phenoxy) is 2. The summed E-state index contributed by atoms with van der Waals surface area (Å²) in [5.41, 5.74) is 3.55. The van der Waals surface area contributed by atoms with Crippen LogP contribution in [-0.4, -0.2) is 36.1 Å². The van der Waals surface area contributed by atoms with E-state index in [2.05, 4.69) is 10.5 Å². The predicted octanol–water partition coefficient (Wildman–Crippen LogP) is 2.27. The summed E-state index contributed by atoms with van der Waals surface area (Å²) in [5.74, 6) is -0.408. The normalized spacial score (nSPS) is 11.0. The molecular weight excluding hydrogens is 312 g/mol. The van der Waals surface area contributed by atoms with E-state index in [0.717, 1.165) is 0 Å². The molecule has 0 fully saturated rings. The van der Waals surface area contributed by atoms with Crippen LogP contribution in [0.25, 0.3) is 0 Å².